The van der Waals surface area contributed by atoms with Crippen LogP contribution in [0.15, 0.2) is 15.9 Å². The number of nitrogens with one attached hydrogen (secondary N) is 1. The molecule has 0 bridgehead atoms. The summed E-state index contributed by atoms with van der Waals surface area (Å²) in [5.41, 5.74) is 0. The zero-order valence-electron chi connectivity index (χ0n) is 11.4. The highest BCUT2D eigenvalue weighted by atomic mass is 79.9. The summed E-state index contributed by atoms with van der Waals surface area (Å²) in [6, 6.07) is 2.80. The summed E-state index contributed by atoms with van der Waals surface area (Å²) in [4.78, 5) is 16.7. The molecule has 0 unspecified atom stereocenters. The average molecular weight is 346 g/mol. The van der Waals surface area contributed by atoms with Crippen LogP contribution >= 0.6 is 27.3 Å². The van der Waals surface area contributed by atoms with Crippen molar-refractivity contribution in [1.82, 2.24) is 15.1 Å². The molecule has 1 N–H and O–H groups in total. The Morgan fingerprint density at radius 2 is 2.21 bits per heavy atom. The van der Waals surface area contributed by atoms with Crippen LogP contribution < -0.4 is 5.32 Å². The maximum absolute atomic E-state index is 11.8. The number of thiophene rings is 1. The van der Waals surface area contributed by atoms with Crippen molar-refractivity contribution in [3.63, 3.8) is 0 Å². The maximum atomic E-state index is 11.8. The van der Waals surface area contributed by atoms with E-state index in [1.165, 1.54) is 4.88 Å². The van der Waals surface area contributed by atoms with Crippen molar-refractivity contribution in [1.29, 1.82) is 0 Å². The van der Waals surface area contributed by atoms with Gasteiger partial charge in [0.25, 0.3) is 0 Å². The molecule has 1 aromatic heterocycles. The molecule has 106 valence electrons. The number of hydrogen-bond acceptors (Lipinski definition) is 3. The normalized spacial score (nSPS) is 16.7. The van der Waals surface area contributed by atoms with E-state index in [1.54, 1.807) is 30.3 Å². The maximum Gasteiger partial charge on any atom is 0.319 e. The summed E-state index contributed by atoms with van der Waals surface area (Å²) in [7, 11) is 3.61. The van der Waals surface area contributed by atoms with Crippen molar-refractivity contribution in [2.45, 2.75) is 25.4 Å². The predicted molar refractivity (Wildman–Crippen MR) is 82.5 cm³/mol. The molecule has 0 atom stereocenters. The van der Waals surface area contributed by atoms with Gasteiger partial charge in [0.15, 0.2) is 0 Å². The lowest BCUT2D eigenvalue weighted by molar-refractivity contribution is 0.152. The second kappa shape index (κ2) is 6.72. The third kappa shape index (κ3) is 4.19. The zero-order chi connectivity index (χ0) is 13.8. The second-order valence-corrected chi connectivity index (χ2v) is 6.96. The van der Waals surface area contributed by atoms with Crippen LogP contribution in [-0.2, 0) is 6.54 Å². The first-order valence-electron chi connectivity index (χ1n) is 6.49. The Hall–Kier alpha value is -0.590. The first kappa shape index (κ1) is 14.8. The Morgan fingerprint density at radius 1 is 1.53 bits per heavy atom. The SMILES string of the molecule is CN(C)C(=O)N1CCC(NCc2cc(Br)cs2)CC1. The molecular formula is C13H20BrN3OS. The van der Waals surface area contributed by atoms with Gasteiger partial charge in [0, 0.05) is 54.5 Å². The van der Waals surface area contributed by atoms with E-state index in [4.69, 9.17) is 0 Å². The molecule has 2 amide bonds. The van der Waals surface area contributed by atoms with Crippen molar-refractivity contribution < 1.29 is 4.79 Å². The van der Waals surface area contributed by atoms with Crippen molar-refractivity contribution in [3.05, 3.63) is 20.8 Å². The number of hydrogen-bond donors (Lipinski definition) is 1. The number of amides is 2. The highest BCUT2D eigenvalue weighted by Gasteiger charge is 2.23. The quantitative estimate of drug-likeness (QED) is 0.914. The lowest BCUT2D eigenvalue weighted by atomic mass is 10.1. The minimum absolute atomic E-state index is 0.126. The van der Waals surface area contributed by atoms with Gasteiger partial charge >= 0.3 is 6.03 Å². The molecule has 0 spiro atoms. The minimum Gasteiger partial charge on any atom is -0.331 e. The molecule has 1 aliphatic heterocycles. The summed E-state index contributed by atoms with van der Waals surface area (Å²) in [5, 5.41) is 5.68. The minimum atomic E-state index is 0.126. The third-order valence-electron chi connectivity index (χ3n) is 3.33. The van der Waals surface area contributed by atoms with Gasteiger partial charge in [0.2, 0.25) is 0 Å². The molecular weight excluding hydrogens is 326 g/mol. The van der Waals surface area contributed by atoms with Gasteiger partial charge in [0.1, 0.15) is 0 Å². The molecule has 0 saturated carbocycles. The summed E-state index contributed by atoms with van der Waals surface area (Å²) in [6.45, 7) is 2.62. The first-order chi connectivity index (χ1) is 9.06. The van der Waals surface area contributed by atoms with Crippen LogP contribution in [0, 0.1) is 0 Å². The molecule has 0 aliphatic carbocycles. The summed E-state index contributed by atoms with van der Waals surface area (Å²) >= 11 is 5.24. The van der Waals surface area contributed by atoms with Gasteiger partial charge in [-0.15, -0.1) is 11.3 Å². The molecule has 1 fully saturated rings. The molecule has 6 heteroatoms. The predicted octanol–water partition coefficient (Wildman–Crippen LogP) is 2.75. The van der Waals surface area contributed by atoms with E-state index in [1.807, 2.05) is 4.90 Å². The Labute approximate surface area is 126 Å². The average Bonchev–Trinajstić information content (AvgIpc) is 2.82. The van der Waals surface area contributed by atoms with E-state index < -0.39 is 0 Å². The van der Waals surface area contributed by atoms with Gasteiger partial charge in [-0.3, -0.25) is 0 Å². The molecule has 4 nitrogen and oxygen atoms in total. The second-order valence-electron chi connectivity index (χ2n) is 5.05. The Morgan fingerprint density at radius 3 is 2.74 bits per heavy atom. The van der Waals surface area contributed by atoms with E-state index in [0.717, 1.165) is 36.9 Å². The standard InChI is InChI=1S/C13H20BrN3OS/c1-16(2)13(18)17-5-3-11(4-6-17)15-8-12-7-10(14)9-19-12/h7,9,11,15H,3-6,8H2,1-2H3. The van der Waals surface area contributed by atoms with Crippen molar-refractivity contribution in [3.8, 4) is 0 Å². The van der Waals surface area contributed by atoms with E-state index in [2.05, 4.69) is 32.7 Å². The first-order valence-corrected chi connectivity index (χ1v) is 8.16. The number of nitrogens with zero attached hydrogens (tertiary/aromatic N) is 2. The lowest BCUT2D eigenvalue weighted by Crippen LogP contribution is -2.47. The fourth-order valence-electron chi connectivity index (χ4n) is 2.25. The van der Waals surface area contributed by atoms with E-state index in [-0.39, 0.29) is 6.03 Å². The topological polar surface area (TPSA) is 35.6 Å². The van der Waals surface area contributed by atoms with Crippen LogP contribution in [-0.4, -0.2) is 49.1 Å². The van der Waals surface area contributed by atoms with Crippen molar-refractivity contribution in [2.75, 3.05) is 27.2 Å². The number of carbonyl (C=O) groups is 1. The molecule has 0 radical (unpaired) electrons. The number of urea groups is 1. The summed E-state index contributed by atoms with van der Waals surface area (Å²) < 4.78 is 1.15. The zero-order valence-corrected chi connectivity index (χ0v) is 13.8. The van der Waals surface area contributed by atoms with Crippen LogP contribution in [0.5, 0.6) is 0 Å². The smallest absolute Gasteiger partial charge is 0.319 e. The van der Waals surface area contributed by atoms with Crippen LogP contribution in [0.1, 0.15) is 17.7 Å². The highest BCUT2D eigenvalue weighted by molar-refractivity contribution is 9.10. The Bertz CT molecular complexity index is 427. The van der Waals surface area contributed by atoms with Crippen molar-refractivity contribution in [2.24, 2.45) is 0 Å². The highest BCUT2D eigenvalue weighted by Crippen LogP contribution is 2.20. The molecule has 1 saturated heterocycles. The van der Waals surface area contributed by atoms with Crippen LogP contribution in [0.2, 0.25) is 0 Å². The van der Waals surface area contributed by atoms with Crippen LogP contribution in [0.4, 0.5) is 4.79 Å². The van der Waals surface area contributed by atoms with Gasteiger partial charge in [-0.05, 0) is 34.8 Å². The molecule has 2 heterocycles. The number of piperidine rings is 1. The van der Waals surface area contributed by atoms with E-state index in [9.17, 15) is 4.79 Å². The monoisotopic (exact) mass is 345 g/mol. The van der Waals surface area contributed by atoms with Gasteiger partial charge in [-0.1, -0.05) is 0 Å². The molecule has 1 aromatic rings. The Balaban J connectivity index is 1.73. The number of rotatable bonds is 3. The van der Waals surface area contributed by atoms with Gasteiger partial charge in [-0.2, -0.15) is 0 Å². The van der Waals surface area contributed by atoms with Gasteiger partial charge in [0.05, 0.1) is 0 Å². The van der Waals surface area contributed by atoms with Crippen LogP contribution in [0.3, 0.4) is 0 Å². The molecule has 0 aromatic carbocycles. The lowest BCUT2D eigenvalue weighted by Gasteiger charge is -2.34. The van der Waals surface area contributed by atoms with Gasteiger partial charge < -0.3 is 15.1 Å². The van der Waals surface area contributed by atoms with E-state index >= 15 is 0 Å². The van der Waals surface area contributed by atoms with Crippen molar-refractivity contribution >= 4 is 33.3 Å². The molecule has 2 rings (SSSR count). The number of halogens is 1. The summed E-state index contributed by atoms with van der Waals surface area (Å²) in [6.07, 6.45) is 2.07. The fraction of sp³-hybridized carbons (Fsp3) is 0.615. The third-order valence-corrected chi connectivity index (χ3v) is 5.03. The number of likely N-dealkylation sites (tertiary alicyclic amines) is 1. The largest absolute Gasteiger partial charge is 0.331 e. The van der Waals surface area contributed by atoms with E-state index in [0.29, 0.717) is 6.04 Å². The van der Waals surface area contributed by atoms with Crippen LogP contribution in [0.25, 0.3) is 0 Å². The molecule has 1 aliphatic rings. The van der Waals surface area contributed by atoms with Gasteiger partial charge in [-0.25, -0.2) is 4.79 Å². The summed E-state index contributed by atoms with van der Waals surface area (Å²) in [5.74, 6) is 0. The Kier molecular flexibility index (Phi) is 5.24. The number of carbonyl (C=O) groups excluding carboxylic acids is 1. The fourth-order valence-corrected chi connectivity index (χ4v) is 3.65. The molecule has 19 heavy (non-hydrogen) atoms.